The predicted octanol–water partition coefficient (Wildman–Crippen LogP) is 2.01. The number of amides is 1. The number of aromatic nitrogens is 2. The third-order valence-corrected chi connectivity index (χ3v) is 2.85. The second-order valence-corrected chi connectivity index (χ2v) is 4.44. The van der Waals surface area contributed by atoms with Gasteiger partial charge in [-0.25, -0.2) is 4.39 Å². The summed E-state index contributed by atoms with van der Waals surface area (Å²) in [6.07, 6.45) is 1.57. The van der Waals surface area contributed by atoms with Crippen LogP contribution in [0.25, 0.3) is 0 Å². The summed E-state index contributed by atoms with van der Waals surface area (Å²) in [5, 5.41) is 6.34. The van der Waals surface area contributed by atoms with Crippen molar-refractivity contribution in [1.82, 2.24) is 9.78 Å². The van der Waals surface area contributed by atoms with Crippen LogP contribution in [0.5, 0.6) is 0 Å². The van der Waals surface area contributed by atoms with Gasteiger partial charge < -0.3 is 11.1 Å². The van der Waals surface area contributed by atoms with Crippen LogP contribution in [0.3, 0.4) is 0 Å². The van der Waals surface area contributed by atoms with E-state index >= 15 is 0 Å². The molecule has 0 aliphatic heterocycles. The molecule has 0 radical (unpaired) electrons. The number of hydrogen-bond donors (Lipinski definition) is 2. The quantitative estimate of drug-likeness (QED) is 0.910. The van der Waals surface area contributed by atoms with Gasteiger partial charge in [0.05, 0.1) is 5.69 Å². The fraction of sp³-hybridized carbons (Fsp3) is 0.0909. The van der Waals surface area contributed by atoms with Gasteiger partial charge in [0.15, 0.2) is 0 Å². The molecule has 18 heavy (non-hydrogen) atoms. The minimum Gasteiger partial charge on any atom is -0.382 e. The highest BCUT2D eigenvalue weighted by atomic mass is 79.9. The number of carbonyl (C=O) groups excluding carboxylic acids is 1. The molecule has 7 heteroatoms. The average molecular weight is 313 g/mol. The molecule has 0 saturated carbocycles. The van der Waals surface area contributed by atoms with Gasteiger partial charge in [-0.2, -0.15) is 5.10 Å². The molecular weight excluding hydrogens is 303 g/mol. The maximum atomic E-state index is 13.5. The second kappa shape index (κ2) is 5.18. The smallest absolute Gasteiger partial charge is 0.246 e. The Kier molecular flexibility index (Phi) is 3.61. The largest absolute Gasteiger partial charge is 0.382 e. The van der Waals surface area contributed by atoms with E-state index in [9.17, 15) is 9.18 Å². The first-order valence-corrected chi connectivity index (χ1v) is 5.88. The number of nitrogens with zero attached hydrogens (tertiary/aromatic N) is 2. The monoisotopic (exact) mass is 312 g/mol. The van der Waals surface area contributed by atoms with Crippen molar-refractivity contribution in [3.8, 4) is 0 Å². The summed E-state index contributed by atoms with van der Waals surface area (Å²) < 4.78 is 15.3. The Bertz CT molecular complexity index is 564. The lowest BCUT2D eigenvalue weighted by molar-refractivity contribution is -0.116. The van der Waals surface area contributed by atoms with E-state index in [2.05, 4.69) is 26.3 Å². The van der Waals surface area contributed by atoms with E-state index in [1.165, 1.54) is 10.7 Å². The van der Waals surface area contributed by atoms with Crippen LogP contribution in [0, 0.1) is 5.82 Å². The molecule has 0 unspecified atom stereocenters. The van der Waals surface area contributed by atoms with Crippen molar-refractivity contribution < 1.29 is 9.18 Å². The first-order chi connectivity index (χ1) is 8.56. The molecule has 0 bridgehead atoms. The first-order valence-electron chi connectivity index (χ1n) is 5.09. The topological polar surface area (TPSA) is 72.9 Å². The zero-order chi connectivity index (χ0) is 13.1. The molecule has 0 fully saturated rings. The van der Waals surface area contributed by atoms with Crippen molar-refractivity contribution in [3.05, 3.63) is 40.8 Å². The van der Waals surface area contributed by atoms with Crippen LogP contribution < -0.4 is 11.1 Å². The summed E-state index contributed by atoms with van der Waals surface area (Å²) in [6.45, 7) is -0.0298. The van der Waals surface area contributed by atoms with E-state index in [1.807, 2.05) is 0 Å². The molecule has 0 saturated heterocycles. The molecule has 0 aliphatic rings. The molecule has 1 amide bonds. The Morgan fingerprint density at radius 1 is 1.50 bits per heavy atom. The molecule has 0 atom stereocenters. The van der Waals surface area contributed by atoms with Crippen molar-refractivity contribution in [2.24, 2.45) is 0 Å². The van der Waals surface area contributed by atoms with Crippen molar-refractivity contribution in [2.75, 3.05) is 11.1 Å². The van der Waals surface area contributed by atoms with Crippen LogP contribution in [0.1, 0.15) is 0 Å². The lowest BCUT2D eigenvalue weighted by Gasteiger charge is -2.08. The minimum absolute atomic E-state index is 0.0298. The first kappa shape index (κ1) is 12.6. The standard InChI is InChI=1S/C11H10BrFN4O/c12-7-2-1-3-8(13)11(7)15-10(18)6-17-5-4-9(14)16-17/h1-5H,6H2,(H2,14,16)(H,15,18). The van der Waals surface area contributed by atoms with Gasteiger partial charge in [0.25, 0.3) is 0 Å². The number of rotatable bonds is 3. The minimum atomic E-state index is -0.502. The van der Waals surface area contributed by atoms with E-state index < -0.39 is 5.82 Å². The second-order valence-electron chi connectivity index (χ2n) is 3.58. The van der Waals surface area contributed by atoms with E-state index in [1.54, 1.807) is 24.4 Å². The van der Waals surface area contributed by atoms with Gasteiger partial charge in [-0.3, -0.25) is 9.48 Å². The fourth-order valence-corrected chi connectivity index (χ4v) is 1.85. The normalized spacial score (nSPS) is 10.3. The van der Waals surface area contributed by atoms with Crippen LogP contribution in [-0.2, 0) is 11.3 Å². The third kappa shape index (κ3) is 2.86. The van der Waals surface area contributed by atoms with Gasteiger partial charge in [-0.15, -0.1) is 0 Å². The number of nitrogens with one attached hydrogen (secondary N) is 1. The van der Waals surface area contributed by atoms with E-state index in [-0.39, 0.29) is 18.1 Å². The maximum absolute atomic E-state index is 13.5. The molecule has 5 nitrogen and oxygen atoms in total. The molecule has 94 valence electrons. The zero-order valence-corrected chi connectivity index (χ0v) is 10.8. The van der Waals surface area contributed by atoms with E-state index in [0.29, 0.717) is 10.3 Å². The summed E-state index contributed by atoms with van der Waals surface area (Å²) in [7, 11) is 0. The Hall–Kier alpha value is -1.89. The number of hydrogen-bond acceptors (Lipinski definition) is 3. The number of anilines is 2. The maximum Gasteiger partial charge on any atom is 0.246 e. The Morgan fingerprint density at radius 2 is 2.28 bits per heavy atom. The van der Waals surface area contributed by atoms with Crippen LogP contribution in [0.2, 0.25) is 0 Å². The highest BCUT2D eigenvalue weighted by molar-refractivity contribution is 9.10. The fourth-order valence-electron chi connectivity index (χ4n) is 1.41. The van der Waals surface area contributed by atoms with Gasteiger partial charge >= 0.3 is 0 Å². The molecule has 1 aromatic carbocycles. The van der Waals surface area contributed by atoms with Crippen molar-refractivity contribution in [2.45, 2.75) is 6.54 Å². The van der Waals surface area contributed by atoms with Gasteiger partial charge in [-0.1, -0.05) is 6.07 Å². The number of benzene rings is 1. The lowest BCUT2D eigenvalue weighted by Crippen LogP contribution is -2.20. The molecule has 2 rings (SSSR count). The van der Waals surface area contributed by atoms with Crippen LogP contribution >= 0.6 is 15.9 Å². The van der Waals surface area contributed by atoms with E-state index in [4.69, 9.17) is 5.73 Å². The zero-order valence-electron chi connectivity index (χ0n) is 9.23. The summed E-state index contributed by atoms with van der Waals surface area (Å²) in [6, 6.07) is 6.03. The number of nitrogens with two attached hydrogens (primary N) is 1. The number of nitrogen functional groups attached to an aromatic ring is 1. The van der Waals surface area contributed by atoms with Crippen molar-refractivity contribution >= 4 is 33.3 Å². The molecule has 3 N–H and O–H groups in total. The summed E-state index contributed by atoms with van der Waals surface area (Å²) in [5.41, 5.74) is 5.54. The van der Waals surface area contributed by atoms with Crippen LogP contribution in [0.4, 0.5) is 15.9 Å². The van der Waals surface area contributed by atoms with Crippen molar-refractivity contribution in [3.63, 3.8) is 0 Å². The highest BCUT2D eigenvalue weighted by Gasteiger charge is 2.11. The van der Waals surface area contributed by atoms with Crippen LogP contribution in [-0.4, -0.2) is 15.7 Å². The molecule has 1 aromatic heterocycles. The van der Waals surface area contributed by atoms with E-state index in [0.717, 1.165) is 0 Å². The Morgan fingerprint density at radius 3 is 2.89 bits per heavy atom. The van der Waals surface area contributed by atoms with Crippen LogP contribution in [0.15, 0.2) is 34.9 Å². The SMILES string of the molecule is Nc1ccn(CC(=O)Nc2c(F)cccc2Br)n1. The molecule has 0 spiro atoms. The summed E-state index contributed by atoms with van der Waals surface area (Å²) in [4.78, 5) is 11.7. The Labute approximate surface area is 111 Å². The third-order valence-electron chi connectivity index (χ3n) is 2.19. The van der Waals surface area contributed by atoms with Gasteiger partial charge in [0.2, 0.25) is 5.91 Å². The predicted molar refractivity (Wildman–Crippen MR) is 69.4 cm³/mol. The van der Waals surface area contributed by atoms with Gasteiger partial charge in [0.1, 0.15) is 18.2 Å². The Balaban J connectivity index is 2.08. The summed E-state index contributed by atoms with van der Waals surface area (Å²) in [5.74, 6) is -0.559. The number of carbonyl (C=O) groups is 1. The van der Waals surface area contributed by atoms with Crippen molar-refractivity contribution in [1.29, 1.82) is 0 Å². The summed E-state index contributed by atoms with van der Waals surface area (Å²) >= 11 is 3.17. The lowest BCUT2D eigenvalue weighted by atomic mass is 10.3. The van der Waals surface area contributed by atoms with Gasteiger partial charge in [-0.05, 0) is 34.1 Å². The number of halogens is 2. The molecule has 2 aromatic rings. The molecule has 0 aliphatic carbocycles. The number of para-hydroxylation sites is 1. The highest BCUT2D eigenvalue weighted by Crippen LogP contribution is 2.24. The molecular formula is C11H10BrFN4O. The van der Waals surface area contributed by atoms with Gasteiger partial charge in [0, 0.05) is 10.7 Å². The average Bonchev–Trinajstić information content (AvgIpc) is 2.69. The molecule has 1 heterocycles.